The van der Waals surface area contributed by atoms with Crippen LogP contribution in [0.4, 0.5) is 19.0 Å². The van der Waals surface area contributed by atoms with Crippen LogP contribution in [0.3, 0.4) is 0 Å². The van der Waals surface area contributed by atoms with E-state index in [1.54, 1.807) is 23.5 Å². The minimum atomic E-state index is -5.24. The molecule has 1 saturated carbocycles. The van der Waals surface area contributed by atoms with E-state index in [0.717, 1.165) is 17.7 Å². The van der Waals surface area contributed by atoms with Crippen LogP contribution in [0.2, 0.25) is 0 Å². The number of fused-ring (bicyclic) bond motifs is 1. The first-order chi connectivity index (χ1) is 20.4. The highest BCUT2D eigenvalue weighted by atomic mass is 19.4. The van der Waals surface area contributed by atoms with Gasteiger partial charge in [0.05, 0.1) is 12.6 Å². The summed E-state index contributed by atoms with van der Waals surface area (Å²) < 4.78 is 45.5. The van der Waals surface area contributed by atoms with E-state index in [0.29, 0.717) is 5.56 Å². The van der Waals surface area contributed by atoms with Gasteiger partial charge in [0, 0.05) is 38.5 Å². The minimum Gasteiger partial charge on any atom is -0.472 e. The van der Waals surface area contributed by atoms with Gasteiger partial charge in [0.2, 0.25) is 17.4 Å². The summed E-state index contributed by atoms with van der Waals surface area (Å²) in [6.45, 7) is -0.294. The number of aromatic nitrogens is 2. The molecular formula is C28H28F3N7O5. The minimum absolute atomic E-state index is 0.0787. The Morgan fingerprint density at radius 2 is 2.02 bits per heavy atom. The molecule has 0 bridgehead atoms. The van der Waals surface area contributed by atoms with Crippen LogP contribution in [0.25, 0.3) is 0 Å². The predicted molar refractivity (Wildman–Crippen MR) is 142 cm³/mol. The second-order valence-electron chi connectivity index (χ2n) is 10.9. The number of carbonyl (C=O) groups is 4. The molecule has 1 aliphatic carbocycles. The zero-order chi connectivity index (χ0) is 30.9. The highest BCUT2D eigenvalue weighted by Gasteiger charge is 2.57. The van der Waals surface area contributed by atoms with E-state index in [1.807, 2.05) is 6.07 Å². The third-order valence-corrected chi connectivity index (χ3v) is 7.86. The number of alkyl halides is 3. The van der Waals surface area contributed by atoms with Crippen molar-refractivity contribution in [3.05, 3.63) is 48.4 Å². The normalized spacial score (nSPS) is 22.4. The highest BCUT2D eigenvalue weighted by molar-refractivity contribution is 6.01. The number of nitrogens with one attached hydrogen (secondary N) is 2. The lowest BCUT2D eigenvalue weighted by Gasteiger charge is -2.35. The Bertz CT molecular complexity index is 1460. The Hall–Kier alpha value is -4.74. The Kier molecular flexibility index (Phi) is 7.96. The lowest BCUT2D eigenvalue weighted by Crippen LogP contribution is -2.58. The number of anilines is 1. The van der Waals surface area contributed by atoms with E-state index in [1.165, 1.54) is 36.6 Å². The number of rotatable bonds is 8. The fraction of sp³-hybridized carbons (Fsp3) is 0.464. The van der Waals surface area contributed by atoms with Gasteiger partial charge in [0.25, 0.3) is 5.91 Å². The molecule has 4 atom stereocenters. The monoisotopic (exact) mass is 599 g/mol. The summed E-state index contributed by atoms with van der Waals surface area (Å²) in [6, 6.07) is 4.40. The van der Waals surface area contributed by atoms with Crippen LogP contribution in [0.1, 0.15) is 31.2 Å². The average molecular weight is 600 g/mol. The topological polar surface area (TPSA) is 158 Å². The van der Waals surface area contributed by atoms with Gasteiger partial charge >= 0.3 is 12.1 Å². The summed E-state index contributed by atoms with van der Waals surface area (Å²) in [5.74, 6) is -3.90. The Balaban J connectivity index is 1.40. The van der Waals surface area contributed by atoms with Crippen molar-refractivity contribution in [1.82, 2.24) is 25.1 Å². The molecule has 2 aliphatic heterocycles. The van der Waals surface area contributed by atoms with Crippen molar-refractivity contribution in [1.29, 1.82) is 5.26 Å². The molecule has 43 heavy (non-hydrogen) atoms. The zero-order valence-corrected chi connectivity index (χ0v) is 23.0. The molecule has 1 saturated heterocycles. The Morgan fingerprint density at radius 3 is 2.67 bits per heavy atom. The number of amides is 4. The quantitative estimate of drug-likeness (QED) is 0.463. The number of ether oxygens (including phenoxy) is 1. The van der Waals surface area contributed by atoms with Gasteiger partial charge in [-0.05, 0) is 36.1 Å². The summed E-state index contributed by atoms with van der Waals surface area (Å²) in [7, 11) is 1.28. The van der Waals surface area contributed by atoms with Gasteiger partial charge in [0.15, 0.2) is 11.6 Å². The van der Waals surface area contributed by atoms with Crippen molar-refractivity contribution < 1.29 is 37.1 Å². The lowest BCUT2D eigenvalue weighted by atomic mass is 9.97. The van der Waals surface area contributed by atoms with Crippen molar-refractivity contribution in [2.45, 2.75) is 62.0 Å². The van der Waals surface area contributed by atoms with E-state index in [9.17, 15) is 37.6 Å². The molecule has 4 unspecified atom stereocenters. The first-order valence-electron chi connectivity index (χ1n) is 13.6. The number of likely N-dealkylation sites (N-methyl/N-ethyl adjacent to an activating group) is 1. The molecule has 0 radical (unpaired) electrons. The van der Waals surface area contributed by atoms with Crippen LogP contribution in [0.15, 0.2) is 42.9 Å². The molecule has 12 nitrogen and oxygen atoms in total. The van der Waals surface area contributed by atoms with Crippen molar-refractivity contribution in [2.75, 3.05) is 18.9 Å². The number of hydrogen-bond donors (Lipinski definition) is 2. The fourth-order valence-corrected chi connectivity index (χ4v) is 5.38. The average Bonchev–Trinajstić information content (AvgIpc) is 3.73. The standard InChI is InChI=1S/C28H28F3N7O5/c1-37(23(39)19(35-26(42)28(29,30)31)10-17-4-2-8-33-14-17)20(11-16-6-7-16)24(40)38-15-27(12-18(38)13-32)25(41)36-22-21(43-27)5-3-9-34-22/h2-5,8-9,14,16,18-20H,6-7,10-12,15H2,1H3,(H,35,42)(H,34,36,41). The SMILES string of the molecule is CN(C(=O)C(Cc1cccnc1)NC(=O)C(F)(F)F)C(CC1CC1)C(=O)N1CC2(CC1C#N)Oc1cccnc1NC2=O. The fourth-order valence-electron chi connectivity index (χ4n) is 5.38. The summed E-state index contributed by atoms with van der Waals surface area (Å²) in [4.78, 5) is 63.0. The number of nitrogens with zero attached hydrogens (tertiary/aromatic N) is 5. The Morgan fingerprint density at radius 1 is 1.28 bits per heavy atom. The van der Waals surface area contributed by atoms with E-state index < -0.39 is 53.5 Å². The second kappa shape index (κ2) is 11.5. The molecule has 2 fully saturated rings. The number of hydrogen-bond acceptors (Lipinski definition) is 8. The van der Waals surface area contributed by atoms with E-state index in [4.69, 9.17) is 4.74 Å². The first-order valence-corrected chi connectivity index (χ1v) is 13.6. The molecular weight excluding hydrogens is 571 g/mol. The van der Waals surface area contributed by atoms with Crippen molar-refractivity contribution in [2.24, 2.45) is 5.92 Å². The maximum atomic E-state index is 14.1. The smallest absolute Gasteiger partial charge is 0.471 e. The van der Waals surface area contributed by atoms with Crippen molar-refractivity contribution in [3.63, 3.8) is 0 Å². The molecule has 5 rings (SSSR count). The van der Waals surface area contributed by atoms with Crippen LogP contribution >= 0.6 is 0 Å². The molecule has 2 N–H and O–H groups in total. The van der Waals surface area contributed by atoms with Crippen LogP contribution in [0.5, 0.6) is 5.75 Å². The third-order valence-electron chi connectivity index (χ3n) is 7.86. The molecule has 0 aromatic carbocycles. The van der Waals surface area contributed by atoms with Gasteiger partial charge in [-0.15, -0.1) is 0 Å². The van der Waals surface area contributed by atoms with Crippen molar-refractivity contribution in [3.8, 4) is 11.8 Å². The number of carbonyl (C=O) groups excluding carboxylic acids is 4. The number of likely N-dealkylation sites (tertiary alicyclic amines) is 1. The lowest BCUT2D eigenvalue weighted by molar-refractivity contribution is -0.175. The number of nitriles is 1. The van der Waals surface area contributed by atoms with E-state index in [2.05, 4.69) is 15.3 Å². The molecule has 4 amide bonds. The predicted octanol–water partition coefficient (Wildman–Crippen LogP) is 1.59. The maximum absolute atomic E-state index is 14.1. The van der Waals surface area contributed by atoms with Crippen molar-refractivity contribution >= 4 is 29.4 Å². The summed E-state index contributed by atoms with van der Waals surface area (Å²) >= 11 is 0. The second-order valence-corrected chi connectivity index (χ2v) is 10.9. The summed E-state index contributed by atoms with van der Waals surface area (Å²) in [5, 5.41) is 14.4. The van der Waals surface area contributed by atoms with Gasteiger partial charge in [0.1, 0.15) is 18.1 Å². The van der Waals surface area contributed by atoms with Gasteiger partial charge in [-0.3, -0.25) is 24.2 Å². The number of pyridine rings is 2. The van der Waals surface area contributed by atoms with Crippen LogP contribution in [0, 0.1) is 17.2 Å². The van der Waals surface area contributed by atoms with Gasteiger partial charge in [-0.25, -0.2) is 4.98 Å². The molecule has 15 heteroatoms. The molecule has 2 aromatic rings. The molecule has 2 aromatic heterocycles. The molecule has 3 aliphatic rings. The summed E-state index contributed by atoms with van der Waals surface area (Å²) in [5.41, 5.74) is -1.19. The highest BCUT2D eigenvalue weighted by Crippen LogP contribution is 2.40. The van der Waals surface area contributed by atoms with E-state index >= 15 is 0 Å². The van der Waals surface area contributed by atoms with E-state index in [-0.39, 0.29) is 43.3 Å². The van der Waals surface area contributed by atoms with Crippen LogP contribution in [-0.4, -0.2) is 86.9 Å². The summed E-state index contributed by atoms with van der Waals surface area (Å²) in [6.07, 6.45) is 0.349. The zero-order valence-electron chi connectivity index (χ0n) is 23.0. The Labute approximate surface area is 244 Å². The van der Waals surface area contributed by atoms with Gasteiger partial charge < -0.3 is 25.2 Å². The molecule has 4 heterocycles. The first kappa shape index (κ1) is 29.7. The third kappa shape index (κ3) is 6.23. The molecule has 226 valence electrons. The largest absolute Gasteiger partial charge is 0.472 e. The van der Waals surface area contributed by atoms with Crippen LogP contribution < -0.4 is 15.4 Å². The van der Waals surface area contributed by atoms with Crippen LogP contribution in [-0.2, 0) is 25.6 Å². The van der Waals surface area contributed by atoms with Gasteiger partial charge in [-0.1, -0.05) is 18.9 Å². The molecule has 1 spiro atoms. The number of halogens is 3. The van der Waals surface area contributed by atoms with Gasteiger partial charge in [-0.2, -0.15) is 18.4 Å². The maximum Gasteiger partial charge on any atom is 0.471 e.